The molecule has 0 aromatic heterocycles. The Morgan fingerprint density at radius 3 is 2.31 bits per heavy atom. The summed E-state index contributed by atoms with van der Waals surface area (Å²) in [5.74, 6) is -1.58. The lowest BCUT2D eigenvalue weighted by atomic mass is 9.94. The minimum absolute atomic E-state index is 0.0989. The molecular weight excluding hydrogens is 336 g/mol. The average Bonchev–Trinajstić information content (AvgIpc) is 3.09. The molecule has 6 nitrogen and oxygen atoms in total. The molecule has 0 radical (unpaired) electrons. The van der Waals surface area contributed by atoms with Gasteiger partial charge in [0.25, 0.3) is 0 Å². The maximum atomic E-state index is 11.8. The van der Waals surface area contributed by atoms with E-state index in [4.69, 9.17) is 9.47 Å². The first-order valence-corrected chi connectivity index (χ1v) is 7.82. The second kappa shape index (κ2) is 7.14. The fourth-order valence-corrected chi connectivity index (χ4v) is 2.72. The van der Waals surface area contributed by atoms with Crippen molar-refractivity contribution >= 4 is 23.6 Å². The van der Waals surface area contributed by atoms with Crippen LogP contribution in [-0.2, 0) is 9.59 Å². The van der Waals surface area contributed by atoms with Crippen LogP contribution in [0.2, 0.25) is 0 Å². The van der Waals surface area contributed by atoms with Crippen molar-refractivity contribution in [2.24, 2.45) is 0 Å². The Hall–Kier alpha value is -3.54. The van der Waals surface area contributed by atoms with Gasteiger partial charge in [-0.15, -0.1) is 0 Å². The molecule has 2 aromatic carbocycles. The van der Waals surface area contributed by atoms with Gasteiger partial charge in [0.2, 0.25) is 6.79 Å². The van der Waals surface area contributed by atoms with E-state index in [0.29, 0.717) is 28.2 Å². The normalized spacial score (nSPS) is 14.0. The summed E-state index contributed by atoms with van der Waals surface area (Å²) >= 11 is 0. The van der Waals surface area contributed by atoms with E-state index in [-0.39, 0.29) is 17.9 Å². The molecule has 0 unspecified atom stereocenters. The van der Waals surface area contributed by atoms with Gasteiger partial charge in [-0.05, 0) is 41.8 Å². The molecule has 2 N–H and O–H groups in total. The number of carboxylic acids is 2. The Bertz CT molecular complexity index is 925. The predicted molar refractivity (Wildman–Crippen MR) is 94.8 cm³/mol. The fraction of sp³-hybridized carbons (Fsp3) is 0.100. The summed E-state index contributed by atoms with van der Waals surface area (Å²) in [4.78, 5) is 23.6. The van der Waals surface area contributed by atoms with Crippen LogP contribution >= 0.6 is 0 Å². The van der Waals surface area contributed by atoms with Gasteiger partial charge in [0.1, 0.15) is 0 Å². The van der Waals surface area contributed by atoms with Gasteiger partial charge in [-0.1, -0.05) is 36.4 Å². The van der Waals surface area contributed by atoms with Gasteiger partial charge >= 0.3 is 11.9 Å². The zero-order valence-electron chi connectivity index (χ0n) is 13.9. The molecule has 6 heteroatoms. The minimum atomic E-state index is -1.32. The number of aliphatic carboxylic acids is 2. The highest BCUT2D eigenvalue weighted by molar-refractivity contribution is 6.13. The molecule has 2 aromatic rings. The van der Waals surface area contributed by atoms with Crippen LogP contribution in [0.25, 0.3) is 11.6 Å². The van der Waals surface area contributed by atoms with Gasteiger partial charge in [-0.3, -0.25) is 0 Å². The first-order valence-electron chi connectivity index (χ1n) is 7.82. The van der Waals surface area contributed by atoms with Crippen LogP contribution in [0, 0.1) is 0 Å². The molecule has 1 heterocycles. The summed E-state index contributed by atoms with van der Waals surface area (Å²) < 4.78 is 10.5. The third kappa shape index (κ3) is 3.44. The summed E-state index contributed by atoms with van der Waals surface area (Å²) in [5, 5.41) is 19.3. The average molecular weight is 352 g/mol. The number of carboxylic acid groups (broad SMARTS) is 2. The van der Waals surface area contributed by atoms with Crippen LogP contribution in [0.4, 0.5) is 0 Å². The second-order valence-corrected chi connectivity index (χ2v) is 5.65. The molecular formula is C20H16O6. The lowest BCUT2D eigenvalue weighted by Gasteiger charge is -2.10. The number of fused-ring (bicyclic) bond motifs is 1. The van der Waals surface area contributed by atoms with Crippen LogP contribution in [-0.4, -0.2) is 28.9 Å². The van der Waals surface area contributed by atoms with E-state index in [1.54, 1.807) is 55.5 Å². The topological polar surface area (TPSA) is 93.1 Å². The Kier molecular flexibility index (Phi) is 4.75. The van der Waals surface area contributed by atoms with Crippen LogP contribution < -0.4 is 9.47 Å². The molecule has 1 aliphatic rings. The van der Waals surface area contributed by atoms with Crippen molar-refractivity contribution < 1.29 is 29.3 Å². The van der Waals surface area contributed by atoms with Crippen molar-refractivity contribution in [1.82, 2.24) is 0 Å². The van der Waals surface area contributed by atoms with Crippen molar-refractivity contribution in [3.8, 4) is 11.5 Å². The fourth-order valence-electron chi connectivity index (χ4n) is 2.72. The highest BCUT2D eigenvalue weighted by Crippen LogP contribution is 2.34. The summed E-state index contributed by atoms with van der Waals surface area (Å²) in [6.45, 7) is 1.69. The lowest BCUT2D eigenvalue weighted by Crippen LogP contribution is -2.13. The largest absolute Gasteiger partial charge is 0.478 e. The molecule has 0 fully saturated rings. The maximum absolute atomic E-state index is 11.8. The SMILES string of the molecule is C/C(=C(C(=O)O)\C(=C/c1ccc2c(c1)OCO2)C(=O)O)c1ccccc1. The molecule has 0 spiro atoms. The number of hydrogen-bond donors (Lipinski definition) is 2. The van der Waals surface area contributed by atoms with E-state index in [0.717, 1.165) is 0 Å². The smallest absolute Gasteiger partial charge is 0.336 e. The van der Waals surface area contributed by atoms with E-state index in [2.05, 4.69) is 0 Å². The number of hydrogen-bond acceptors (Lipinski definition) is 4. The van der Waals surface area contributed by atoms with Crippen molar-refractivity contribution in [2.45, 2.75) is 6.92 Å². The minimum Gasteiger partial charge on any atom is -0.478 e. The number of allylic oxidation sites excluding steroid dienone is 1. The van der Waals surface area contributed by atoms with Gasteiger partial charge < -0.3 is 19.7 Å². The van der Waals surface area contributed by atoms with Crippen LogP contribution in [0.5, 0.6) is 11.5 Å². The molecule has 0 saturated carbocycles. The molecule has 0 atom stereocenters. The van der Waals surface area contributed by atoms with Crippen molar-refractivity contribution in [2.75, 3.05) is 6.79 Å². The Labute approximate surface area is 149 Å². The Morgan fingerprint density at radius 2 is 1.65 bits per heavy atom. The summed E-state index contributed by atoms with van der Waals surface area (Å²) in [5.41, 5.74) is 0.945. The van der Waals surface area contributed by atoms with E-state index in [1.165, 1.54) is 6.08 Å². The number of benzene rings is 2. The molecule has 3 rings (SSSR count). The van der Waals surface area contributed by atoms with Crippen molar-refractivity contribution in [3.63, 3.8) is 0 Å². The summed E-state index contributed by atoms with van der Waals surface area (Å²) in [7, 11) is 0. The monoisotopic (exact) mass is 352 g/mol. The number of rotatable bonds is 5. The summed E-state index contributed by atoms with van der Waals surface area (Å²) in [6, 6.07) is 13.7. The van der Waals surface area contributed by atoms with E-state index in [1.807, 2.05) is 0 Å². The zero-order chi connectivity index (χ0) is 18.7. The van der Waals surface area contributed by atoms with Gasteiger partial charge in [0.05, 0.1) is 11.1 Å². The first kappa shape index (κ1) is 17.3. The number of ether oxygens (including phenoxy) is 2. The molecule has 26 heavy (non-hydrogen) atoms. The molecule has 132 valence electrons. The molecule has 0 amide bonds. The highest BCUT2D eigenvalue weighted by atomic mass is 16.7. The first-order chi connectivity index (χ1) is 12.5. The van der Waals surface area contributed by atoms with Gasteiger partial charge in [-0.2, -0.15) is 0 Å². The second-order valence-electron chi connectivity index (χ2n) is 5.65. The van der Waals surface area contributed by atoms with Gasteiger partial charge in [-0.25, -0.2) is 9.59 Å². The van der Waals surface area contributed by atoms with Crippen molar-refractivity contribution in [1.29, 1.82) is 0 Å². The van der Waals surface area contributed by atoms with Gasteiger partial charge in [0.15, 0.2) is 11.5 Å². The standard InChI is InChI=1S/C20H16O6/c1-12(14-5-3-2-4-6-14)18(20(23)24)15(19(21)22)9-13-7-8-16-17(10-13)26-11-25-16/h2-10H,11H2,1H3,(H,21,22)(H,23,24)/b15-9+,18-12-. The molecule has 0 aliphatic carbocycles. The van der Waals surface area contributed by atoms with E-state index in [9.17, 15) is 19.8 Å². The highest BCUT2D eigenvalue weighted by Gasteiger charge is 2.23. The lowest BCUT2D eigenvalue weighted by molar-refractivity contribution is -0.136. The quantitative estimate of drug-likeness (QED) is 0.632. The number of carbonyl (C=O) groups is 2. The van der Waals surface area contributed by atoms with E-state index < -0.39 is 11.9 Å². The van der Waals surface area contributed by atoms with Crippen LogP contribution in [0.3, 0.4) is 0 Å². The third-order valence-corrected chi connectivity index (χ3v) is 4.00. The molecule has 0 saturated heterocycles. The molecule has 1 aliphatic heterocycles. The van der Waals surface area contributed by atoms with Crippen molar-refractivity contribution in [3.05, 3.63) is 70.8 Å². The zero-order valence-corrected chi connectivity index (χ0v) is 13.9. The Balaban J connectivity index is 2.13. The van der Waals surface area contributed by atoms with Gasteiger partial charge in [0, 0.05) is 0 Å². The van der Waals surface area contributed by atoms with Crippen LogP contribution in [0.15, 0.2) is 59.7 Å². The maximum Gasteiger partial charge on any atom is 0.336 e. The van der Waals surface area contributed by atoms with Crippen LogP contribution in [0.1, 0.15) is 18.1 Å². The van der Waals surface area contributed by atoms with E-state index >= 15 is 0 Å². The third-order valence-electron chi connectivity index (χ3n) is 4.00. The predicted octanol–water partition coefficient (Wildman–Crippen LogP) is 3.44. The Morgan fingerprint density at radius 1 is 0.962 bits per heavy atom. The molecule has 0 bridgehead atoms. The summed E-state index contributed by atoms with van der Waals surface area (Å²) in [6.07, 6.45) is 1.32.